The van der Waals surface area contributed by atoms with Crippen LogP contribution in [0, 0.1) is 6.92 Å². The van der Waals surface area contributed by atoms with Crippen LogP contribution >= 0.6 is 0 Å². The van der Waals surface area contributed by atoms with Gasteiger partial charge in [-0.25, -0.2) is 9.78 Å². The van der Waals surface area contributed by atoms with Gasteiger partial charge in [0.2, 0.25) is 0 Å². The quantitative estimate of drug-likeness (QED) is 0.620. The van der Waals surface area contributed by atoms with E-state index in [1.165, 1.54) is 0 Å². The van der Waals surface area contributed by atoms with Gasteiger partial charge in [-0.1, -0.05) is 0 Å². The van der Waals surface area contributed by atoms with E-state index in [0.29, 0.717) is 11.3 Å². The molecule has 2 N–H and O–H groups in total. The number of ether oxygens (including phenoxy) is 1. The normalized spacial score (nSPS) is 12.4. The molecule has 0 aliphatic heterocycles. The number of carbonyl (C=O) groups is 1. The predicted octanol–water partition coefficient (Wildman–Crippen LogP) is 1.19. The molecule has 0 radical (unpaired) electrons. The fraction of sp³-hybridized carbons (Fsp3) is 0.250. The second-order valence-electron chi connectivity index (χ2n) is 3.87. The van der Waals surface area contributed by atoms with Gasteiger partial charge in [0, 0.05) is 12.3 Å². The maximum atomic E-state index is 11.3. The number of esters is 1. The minimum absolute atomic E-state index is 0.429. The van der Waals surface area contributed by atoms with Crippen molar-refractivity contribution in [3.63, 3.8) is 0 Å². The molecule has 17 heavy (non-hydrogen) atoms. The van der Waals surface area contributed by atoms with Crippen LogP contribution in [0.5, 0.6) is 5.75 Å². The molecular formula is C12H13N3O2. The summed E-state index contributed by atoms with van der Waals surface area (Å²) in [4.78, 5) is 19.8. The number of nitrogens with two attached hydrogens (primary N) is 1. The summed E-state index contributed by atoms with van der Waals surface area (Å²) in [7, 11) is 0. The van der Waals surface area contributed by atoms with Crippen LogP contribution in [-0.4, -0.2) is 22.0 Å². The van der Waals surface area contributed by atoms with Crippen molar-refractivity contribution in [3.8, 4) is 5.75 Å². The number of benzene rings is 1. The molecule has 2 aromatic rings. The van der Waals surface area contributed by atoms with Crippen LogP contribution in [0.25, 0.3) is 11.0 Å². The van der Waals surface area contributed by atoms with Crippen LogP contribution in [0.4, 0.5) is 0 Å². The van der Waals surface area contributed by atoms with Crippen molar-refractivity contribution in [3.05, 3.63) is 30.1 Å². The highest BCUT2D eigenvalue weighted by atomic mass is 16.5. The first-order valence-electron chi connectivity index (χ1n) is 5.27. The first-order chi connectivity index (χ1) is 8.06. The molecule has 5 nitrogen and oxygen atoms in total. The van der Waals surface area contributed by atoms with Crippen molar-refractivity contribution >= 4 is 17.0 Å². The molecule has 0 amide bonds. The van der Waals surface area contributed by atoms with Crippen molar-refractivity contribution in [2.45, 2.75) is 19.9 Å². The van der Waals surface area contributed by atoms with Gasteiger partial charge >= 0.3 is 5.97 Å². The van der Waals surface area contributed by atoms with Crippen molar-refractivity contribution < 1.29 is 9.53 Å². The molecule has 0 fully saturated rings. The number of rotatable bonds is 2. The molecule has 88 valence electrons. The highest BCUT2D eigenvalue weighted by Gasteiger charge is 2.10. The van der Waals surface area contributed by atoms with Gasteiger partial charge in [-0.2, -0.15) is 0 Å². The predicted molar refractivity (Wildman–Crippen MR) is 63.6 cm³/mol. The lowest BCUT2D eigenvalue weighted by atomic mass is 10.2. The Hall–Kier alpha value is -2.01. The van der Waals surface area contributed by atoms with E-state index in [9.17, 15) is 4.79 Å². The van der Waals surface area contributed by atoms with Gasteiger partial charge in [0.05, 0.1) is 16.7 Å². The van der Waals surface area contributed by atoms with E-state index in [1.54, 1.807) is 31.3 Å². The third kappa shape index (κ3) is 2.57. The lowest BCUT2D eigenvalue weighted by Gasteiger charge is -2.07. The molecule has 0 bridgehead atoms. The number of aryl methyl sites for hydroxylation is 1. The largest absolute Gasteiger partial charge is 0.425 e. The summed E-state index contributed by atoms with van der Waals surface area (Å²) >= 11 is 0. The Bertz CT molecular complexity index is 567. The van der Waals surface area contributed by atoms with Gasteiger partial charge < -0.3 is 10.5 Å². The van der Waals surface area contributed by atoms with Crippen molar-refractivity contribution in [1.29, 1.82) is 0 Å². The van der Waals surface area contributed by atoms with E-state index in [0.717, 1.165) is 11.2 Å². The van der Waals surface area contributed by atoms with E-state index in [-0.39, 0.29) is 0 Å². The molecule has 1 atom stereocenters. The molecule has 2 rings (SSSR count). The average Bonchev–Trinajstić information content (AvgIpc) is 2.29. The molecule has 1 aromatic carbocycles. The fourth-order valence-electron chi connectivity index (χ4n) is 1.36. The number of nitrogens with zero attached hydrogens (tertiary/aromatic N) is 2. The van der Waals surface area contributed by atoms with E-state index in [1.807, 2.05) is 6.92 Å². The Labute approximate surface area is 98.6 Å². The molecule has 5 heteroatoms. The van der Waals surface area contributed by atoms with Gasteiger partial charge in [0.15, 0.2) is 0 Å². The first-order valence-corrected chi connectivity index (χ1v) is 5.27. The van der Waals surface area contributed by atoms with Crippen LogP contribution in [0.3, 0.4) is 0 Å². The Morgan fingerprint density at radius 2 is 2.18 bits per heavy atom. The number of fused-ring (bicyclic) bond motifs is 1. The minimum Gasteiger partial charge on any atom is -0.425 e. The van der Waals surface area contributed by atoms with Gasteiger partial charge in [-0.3, -0.25) is 4.98 Å². The van der Waals surface area contributed by atoms with Crippen molar-refractivity contribution in [1.82, 2.24) is 9.97 Å². The molecule has 0 saturated carbocycles. The van der Waals surface area contributed by atoms with Gasteiger partial charge in [0.1, 0.15) is 11.8 Å². The molecular weight excluding hydrogens is 218 g/mol. The van der Waals surface area contributed by atoms with Crippen LogP contribution in [0.1, 0.15) is 12.6 Å². The van der Waals surface area contributed by atoms with E-state index in [4.69, 9.17) is 10.5 Å². The van der Waals surface area contributed by atoms with Crippen LogP contribution in [-0.2, 0) is 4.79 Å². The third-order valence-corrected chi connectivity index (χ3v) is 2.22. The first kappa shape index (κ1) is 11.5. The highest BCUT2D eigenvalue weighted by molar-refractivity contribution is 5.80. The Morgan fingerprint density at radius 3 is 2.88 bits per heavy atom. The van der Waals surface area contributed by atoms with Crippen molar-refractivity contribution in [2.24, 2.45) is 5.73 Å². The zero-order valence-corrected chi connectivity index (χ0v) is 9.68. The molecule has 0 unspecified atom stereocenters. The second-order valence-corrected chi connectivity index (χ2v) is 3.87. The minimum atomic E-state index is -0.644. The number of aromatic nitrogens is 2. The fourth-order valence-corrected chi connectivity index (χ4v) is 1.36. The van der Waals surface area contributed by atoms with Crippen LogP contribution in [0.15, 0.2) is 24.4 Å². The zero-order chi connectivity index (χ0) is 12.4. The maximum absolute atomic E-state index is 11.3. The van der Waals surface area contributed by atoms with E-state index in [2.05, 4.69) is 9.97 Å². The molecule has 1 heterocycles. The molecule has 0 saturated heterocycles. The highest BCUT2D eigenvalue weighted by Crippen LogP contribution is 2.18. The third-order valence-electron chi connectivity index (χ3n) is 2.22. The second kappa shape index (κ2) is 4.47. The topological polar surface area (TPSA) is 78.1 Å². The number of carbonyl (C=O) groups excluding carboxylic acids is 1. The van der Waals surface area contributed by atoms with E-state index >= 15 is 0 Å². The summed E-state index contributed by atoms with van der Waals surface area (Å²) in [6, 6.07) is 4.47. The van der Waals surface area contributed by atoms with Crippen LogP contribution < -0.4 is 10.5 Å². The summed E-state index contributed by atoms with van der Waals surface area (Å²) in [5.74, 6) is -0.0395. The Morgan fingerprint density at radius 1 is 1.41 bits per heavy atom. The summed E-state index contributed by atoms with van der Waals surface area (Å²) in [6.45, 7) is 3.45. The molecule has 0 aliphatic carbocycles. The smallest absolute Gasteiger partial charge is 0.328 e. The summed E-state index contributed by atoms with van der Waals surface area (Å²) in [5.41, 5.74) is 7.71. The zero-order valence-electron chi connectivity index (χ0n) is 9.68. The van der Waals surface area contributed by atoms with Gasteiger partial charge in [-0.05, 0) is 26.0 Å². The summed E-state index contributed by atoms with van der Waals surface area (Å²) < 4.78 is 5.08. The van der Waals surface area contributed by atoms with Gasteiger partial charge in [0.25, 0.3) is 0 Å². The number of hydrogen-bond donors (Lipinski definition) is 1. The average molecular weight is 231 g/mol. The monoisotopic (exact) mass is 231 g/mol. The molecule has 0 spiro atoms. The summed E-state index contributed by atoms with van der Waals surface area (Å²) in [6.07, 6.45) is 1.67. The molecule has 1 aromatic heterocycles. The van der Waals surface area contributed by atoms with Crippen molar-refractivity contribution in [2.75, 3.05) is 0 Å². The Balaban J connectivity index is 2.32. The van der Waals surface area contributed by atoms with Gasteiger partial charge in [-0.15, -0.1) is 0 Å². The SMILES string of the molecule is Cc1cnc2cc(OC(=O)[C@H](C)N)ccc2n1. The molecule has 0 aliphatic rings. The Kier molecular flexibility index (Phi) is 3.01. The van der Waals surface area contributed by atoms with Crippen LogP contribution in [0.2, 0.25) is 0 Å². The lowest BCUT2D eigenvalue weighted by Crippen LogP contribution is -2.30. The summed E-state index contributed by atoms with van der Waals surface area (Å²) in [5, 5.41) is 0. The van der Waals surface area contributed by atoms with E-state index < -0.39 is 12.0 Å². The lowest BCUT2D eigenvalue weighted by molar-refractivity contribution is -0.135. The standard InChI is InChI=1S/C12H13N3O2/c1-7-6-14-11-5-9(3-4-10(11)15-7)17-12(16)8(2)13/h3-6,8H,13H2,1-2H3/t8-/m0/s1. The maximum Gasteiger partial charge on any atom is 0.328 e. The number of hydrogen-bond acceptors (Lipinski definition) is 5.